The van der Waals surface area contributed by atoms with Crippen molar-refractivity contribution in [3.8, 4) is 11.5 Å². The highest BCUT2D eigenvalue weighted by atomic mass is 79.9. The Balaban J connectivity index is 0.000000125. The number of Topliss-reactive ketones (excluding diaryl/α,β-unsaturated/α-hetero) is 4. The van der Waals surface area contributed by atoms with Crippen molar-refractivity contribution in [2.45, 2.75) is 245 Å². The number of piperidine rings is 3. The molecule has 0 aliphatic carbocycles. The van der Waals surface area contributed by atoms with Crippen molar-refractivity contribution in [1.82, 2.24) is 37.9 Å². The molecule has 0 spiro atoms. The summed E-state index contributed by atoms with van der Waals surface area (Å²) in [7, 11) is 0. The number of hydrogen-bond donors (Lipinski definition) is 0. The van der Waals surface area contributed by atoms with Crippen LogP contribution in [0.1, 0.15) is 207 Å². The standard InChI is InChI=1S/C28H32BrClN2O.C27H30BrClN2O2.C26H28BrClN2O2.C25H28BrClN2O/c1-19(33)26-18-31(28-25(26)4-2-5-27(28)29)14-3-15-32-23-12-13-24(32)17-21(16-23)7-6-20-8-10-22(30)11-9-20;1-17-26(18(2)32)22-7-5-8-23(28)27(22)30(17)13-6-14-31-19-11-12-20(31)16-21(15-19)33-25-10-4-3-9-24(25)29;1-17(31)22-16-29(26-21(22)6-4-7-23(26)27)12-5-13-30-18-10-11-19(30)15-20(14-18)32-25-9-3-2-8-24(25)28;1-17-24(18(2)30)21-8-5-9-22(26)25(21)29(17)13-6-12-28-14-11-19(16-28)15-20-7-3-4-10-23(20)27/h2,4-5,8-11,18,21,23-24H,3,6-7,12-17H2,1H3;3-5,7-10,19-21H,6,11-16H2,1-2H3;2-4,6-9,16,18-20H,5,10-15H2,1H3;3-5,7-10,19H,6,11-16H2,1-2H3. The molecule has 0 amide bonds. The number of benzene rings is 8. The Morgan fingerprint density at radius 3 is 1.18 bits per heavy atom. The van der Waals surface area contributed by atoms with Crippen LogP contribution in [0.15, 0.2) is 200 Å². The number of para-hydroxylation sites is 6. The summed E-state index contributed by atoms with van der Waals surface area (Å²) in [5.74, 6) is 3.65. The van der Waals surface area contributed by atoms with E-state index in [1.807, 2.05) is 115 Å². The lowest BCUT2D eigenvalue weighted by atomic mass is 9.86. The van der Waals surface area contributed by atoms with Crippen LogP contribution in [0.25, 0.3) is 43.6 Å². The molecular formula is C106H118Br4Cl4N8O6. The van der Waals surface area contributed by atoms with Crippen LogP contribution < -0.4 is 9.47 Å². The van der Waals surface area contributed by atoms with Gasteiger partial charge in [0.2, 0.25) is 0 Å². The number of aromatic nitrogens is 4. The Kier molecular flexibility index (Phi) is 31.7. The smallest absolute Gasteiger partial charge is 0.162 e. The maximum absolute atomic E-state index is 12.3. The third kappa shape index (κ3) is 21.6. The lowest BCUT2D eigenvalue weighted by Crippen LogP contribution is -2.46. The highest BCUT2D eigenvalue weighted by Crippen LogP contribution is 2.45. The highest BCUT2D eigenvalue weighted by molar-refractivity contribution is 9.11. The van der Waals surface area contributed by atoms with E-state index in [1.54, 1.807) is 27.7 Å². The fourth-order valence-corrected chi connectivity index (χ4v) is 25.8. The summed E-state index contributed by atoms with van der Waals surface area (Å²) >= 11 is 39.8. The topological polar surface area (TPSA) is 119 Å². The van der Waals surface area contributed by atoms with Gasteiger partial charge in [-0.3, -0.25) is 33.9 Å². The fourth-order valence-electron chi connectivity index (χ4n) is 22.8. The molecule has 7 aliphatic rings. The number of halogens is 8. The van der Waals surface area contributed by atoms with Gasteiger partial charge in [-0.25, -0.2) is 0 Å². The Labute approximate surface area is 808 Å². The first-order valence-corrected chi connectivity index (χ1v) is 51.0. The minimum Gasteiger partial charge on any atom is -0.489 e. The number of hydrogen-bond acceptors (Lipinski definition) is 10. The number of carbonyl (C=O) groups excluding carboxylic acids is 4. The Morgan fingerprint density at radius 2 is 0.766 bits per heavy atom. The second-order valence-electron chi connectivity index (χ2n) is 36.8. The number of ether oxygens (including phenoxy) is 2. The van der Waals surface area contributed by atoms with Crippen LogP contribution in [0, 0.1) is 25.7 Å². The zero-order valence-electron chi connectivity index (χ0n) is 74.4. The highest BCUT2D eigenvalue weighted by Gasteiger charge is 2.44. The van der Waals surface area contributed by atoms with Gasteiger partial charge in [0.25, 0.3) is 0 Å². The summed E-state index contributed by atoms with van der Waals surface area (Å²) in [6.45, 7) is 21.1. The van der Waals surface area contributed by atoms with Gasteiger partial charge >= 0.3 is 0 Å². The summed E-state index contributed by atoms with van der Waals surface area (Å²) < 4.78 is 25.9. The molecule has 6 bridgehead atoms. The minimum atomic E-state index is 0.116. The van der Waals surface area contributed by atoms with E-state index in [0.717, 1.165) is 264 Å². The van der Waals surface area contributed by atoms with Gasteiger partial charge in [0, 0.05) is 184 Å². The first kappa shape index (κ1) is 94.3. The van der Waals surface area contributed by atoms with E-state index in [1.165, 1.54) is 75.3 Å². The van der Waals surface area contributed by atoms with Crippen molar-refractivity contribution in [1.29, 1.82) is 0 Å². The van der Waals surface area contributed by atoms with Crippen LogP contribution in [0.3, 0.4) is 0 Å². The van der Waals surface area contributed by atoms with Crippen molar-refractivity contribution >= 4 is 177 Å². The molecule has 0 saturated carbocycles. The number of nitrogens with zero attached hydrogens (tertiary/aromatic N) is 8. The van der Waals surface area contributed by atoms with Gasteiger partial charge in [-0.15, -0.1) is 0 Å². The number of fused-ring (bicyclic) bond motifs is 10. The van der Waals surface area contributed by atoms with E-state index >= 15 is 0 Å². The zero-order valence-corrected chi connectivity index (χ0v) is 83.7. The summed E-state index contributed by atoms with van der Waals surface area (Å²) in [5, 5.41) is 7.28. The molecule has 0 N–H and O–H groups in total. The van der Waals surface area contributed by atoms with Crippen molar-refractivity contribution in [3.63, 3.8) is 0 Å². The van der Waals surface area contributed by atoms with E-state index in [4.69, 9.17) is 55.9 Å². The van der Waals surface area contributed by atoms with E-state index in [2.05, 4.69) is 182 Å². The number of likely N-dealkylation sites (tertiary alicyclic amines) is 1. The molecule has 11 heterocycles. The molecule has 7 saturated heterocycles. The SMILES string of the molecule is CC(=O)c1c(C)n(CCCN2C3CCC2CC(Oc2ccccc2Cl)C3)c2c(Br)cccc12.CC(=O)c1c(C)n(CCCN2CCC(Cc3ccccc3Cl)C2)c2c(Br)cccc12.CC(=O)c1cn(CCCN2C3CCC2CC(CCc2ccc(Cl)cc2)C3)c2c(Br)cccc12.CC(=O)c1cn(CCCN2C3CCC2CC(Oc2ccccc2Cl)C3)c2c(Br)cccc12. The Morgan fingerprint density at radius 1 is 0.383 bits per heavy atom. The van der Waals surface area contributed by atoms with E-state index in [0.29, 0.717) is 40.1 Å². The fraction of sp³-hybridized carbons (Fsp3) is 0.434. The third-order valence-electron chi connectivity index (χ3n) is 28.5. The van der Waals surface area contributed by atoms with Crippen LogP contribution >= 0.6 is 110 Å². The van der Waals surface area contributed by atoms with Gasteiger partial charge in [0.05, 0.1) is 32.1 Å². The lowest BCUT2D eigenvalue weighted by Gasteiger charge is -2.39. The second kappa shape index (κ2) is 43.0. The first-order valence-electron chi connectivity index (χ1n) is 46.3. The molecule has 8 aromatic carbocycles. The summed E-state index contributed by atoms with van der Waals surface area (Å²) in [4.78, 5) is 59.6. The molecule has 14 nitrogen and oxygen atoms in total. The molecule has 674 valence electrons. The number of rotatable bonds is 29. The largest absolute Gasteiger partial charge is 0.489 e. The second-order valence-corrected chi connectivity index (χ2v) is 41.9. The van der Waals surface area contributed by atoms with Crippen molar-refractivity contribution in [2.75, 3.05) is 39.3 Å². The molecule has 7 aliphatic heterocycles. The van der Waals surface area contributed by atoms with Crippen LogP contribution in [0.2, 0.25) is 20.1 Å². The molecule has 7 unspecified atom stereocenters. The van der Waals surface area contributed by atoms with Crippen LogP contribution in [-0.4, -0.2) is 149 Å². The third-order valence-corrected chi connectivity index (χ3v) is 32.4. The molecule has 128 heavy (non-hydrogen) atoms. The maximum atomic E-state index is 12.3. The van der Waals surface area contributed by atoms with Crippen molar-refractivity contribution in [3.05, 3.63) is 265 Å². The van der Waals surface area contributed by atoms with E-state index < -0.39 is 0 Å². The van der Waals surface area contributed by atoms with Gasteiger partial charge in [-0.2, -0.15) is 0 Å². The van der Waals surface area contributed by atoms with E-state index in [9.17, 15) is 19.2 Å². The number of aryl methyl sites for hydroxylation is 5. The predicted octanol–water partition coefficient (Wildman–Crippen LogP) is 27.8. The maximum Gasteiger partial charge on any atom is 0.162 e. The molecule has 0 radical (unpaired) electrons. The van der Waals surface area contributed by atoms with Crippen LogP contribution in [-0.2, 0) is 39.0 Å². The predicted molar refractivity (Wildman–Crippen MR) is 539 cm³/mol. The normalized spacial score (nSPS) is 21.5. The number of ketones is 4. The van der Waals surface area contributed by atoms with Gasteiger partial charge < -0.3 is 32.6 Å². The molecule has 7 atom stereocenters. The molecule has 4 aromatic heterocycles. The van der Waals surface area contributed by atoms with Gasteiger partial charge in [-0.1, -0.05) is 150 Å². The zero-order chi connectivity index (χ0) is 89.6. The average molecular weight is 2060 g/mol. The van der Waals surface area contributed by atoms with Crippen LogP contribution in [0.4, 0.5) is 0 Å². The molecule has 19 rings (SSSR count). The molecule has 12 aromatic rings. The number of carbonyl (C=O) groups is 4. The van der Waals surface area contributed by atoms with Crippen molar-refractivity contribution < 1.29 is 28.7 Å². The molecular weight excluding hydrogens is 1940 g/mol. The lowest BCUT2D eigenvalue weighted by molar-refractivity contribution is 0.0480. The summed E-state index contributed by atoms with van der Waals surface area (Å²) in [6, 6.07) is 60.4. The quantitative estimate of drug-likeness (QED) is 0.0419. The van der Waals surface area contributed by atoms with Crippen molar-refractivity contribution in [2.24, 2.45) is 11.8 Å². The van der Waals surface area contributed by atoms with Gasteiger partial charge in [0.15, 0.2) is 23.1 Å². The monoisotopic (exact) mass is 2050 g/mol. The molecule has 7 fully saturated rings. The Hall–Kier alpha value is -6.88. The summed E-state index contributed by atoms with van der Waals surface area (Å²) in [6.07, 6.45) is 28.3. The summed E-state index contributed by atoms with van der Waals surface area (Å²) in [5.41, 5.74) is 12.7. The Bertz CT molecular complexity index is 5940. The van der Waals surface area contributed by atoms with Crippen LogP contribution in [0.5, 0.6) is 11.5 Å². The first-order chi connectivity index (χ1) is 61.9. The van der Waals surface area contributed by atoms with Gasteiger partial charge in [0.1, 0.15) is 23.7 Å². The average Bonchev–Trinajstić information content (AvgIpc) is 1.72. The minimum absolute atomic E-state index is 0.116. The molecule has 22 heteroatoms. The van der Waals surface area contributed by atoms with Gasteiger partial charge in [-0.05, 0) is 336 Å². The van der Waals surface area contributed by atoms with E-state index in [-0.39, 0.29) is 35.3 Å².